The number of aromatic amines is 1. The van der Waals surface area contributed by atoms with Gasteiger partial charge in [-0.3, -0.25) is 4.79 Å². The first-order chi connectivity index (χ1) is 8.15. The summed E-state index contributed by atoms with van der Waals surface area (Å²) in [5.74, 6) is 0.0632. The molecule has 88 valence electrons. The highest BCUT2D eigenvalue weighted by Gasteiger charge is 2.24. The van der Waals surface area contributed by atoms with E-state index < -0.39 is 0 Å². The number of H-pyrrole nitrogens is 1. The molecule has 1 aromatic carbocycles. The van der Waals surface area contributed by atoms with Crippen LogP contribution in [0.1, 0.15) is 12.5 Å². The van der Waals surface area contributed by atoms with Gasteiger partial charge in [-0.1, -0.05) is 11.6 Å². The van der Waals surface area contributed by atoms with Crippen LogP contribution in [0, 0.1) is 4.77 Å². The molecule has 0 spiro atoms. The molecule has 1 aliphatic rings. The topological polar surface area (TPSA) is 49.8 Å². The first-order valence-electron chi connectivity index (χ1n) is 5.31. The zero-order valence-electron chi connectivity index (χ0n) is 8.87. The smallest absolute Gasteiger partial charge is 0.222 e. The second-order valence-electron chi connectivity index (χ2n) is 4.12. The zero-order valence-corrected chi connectivity index (χ0v) is 10.4. The molecule has 1 saturated heterocycles. The summed E-state index contributed by atoms with van der Waals surface area (Å²) >= 11 is 11.3. The largest absolute Gasteiger partial charge is 0.354 e. The maximum Gasteiger partial charge on any atom is 0.222 e. The van der Waals surface area contributed by atoms with Crippen LogP contribution in [0.25, 0.3) is 11.0 Å². The Morgan fingerprint density at radius 3 is 3.00 bits per heavy atom. The molecule has 3 rings (SSSR count). The molecule has 2 N–H and O–H groups in total. The van der Waals surface area contributed by atoms with Gasteiger partial charge in [-0.25, -0.2) is 0 Å². The van der Waals surface area contributed by atoms with E-state index in [-0.39, 0.29) is 11.9 Å². The number of hydrogen-bond donors (Lipinski definition) is 2. The van der Waals surface area contributed by atoms with Gasteiger partial charge < -0.3 is 14.9 Å². The Morgan fingerprint density at radius 1 is 1.47 bits per heavy atom. The minimum Gasteiger partial charge on any atom is -0.354 e. The van der Waals surface area contributed by atoms with Gasteiger partial charge in [-0.05, 0) is 30.4 Å². The van der Waals surface area contributed by atoms with Crippen LogP contribution in [0.2, 0.25) is 5.02 Å². The molecule has 1 amide bonds. The van der Waals surface area contributed by atoms with E-state index >= 15 is 0 Å². The van der Waals surface area contributed by atoms with Crippen LogP contribution in [0.3, 0.4) is 0 Å². The van der Waals surface area contributed by atoms with E-state index in [0.29, 0.717) is 22.8 Å². The normalized spacial score (nSPS) is 19.8. The van der Waals surface area contributed by atoms with E-state index in [1.165, 1.54) is 0 Å². The number of amides is 1. The summed E-state index contributed by atoms with van der Waals surface area (Å²) in [6.07, 6.45) is 0.466. The molecule has 17 heavy (non-hydrogen) atoms. The van der Waals surface area contributed by atoms with E-state index in [9.17, 15) is 4.79 Å². The summed E-state index contributed by atoms with van der Waals surface area (Å²) in [5.41, 5.74) is 1.89. The number of nitrogens with zero attached hydrogens (tertiary/aromatic N) is 1. The highest BCUT2D eigenvalue weighted by atomic mass is 35.5. The third-order valence-corrected chi connectivity index (χ3v) is 3.53. The SMILES string of the molecule is O=C1CC(n2c(=S)[nH]c3ccc(Cl)cc32)CN1. The van der Waals surface area contributed by atoms with Gasteiger partial charge in [0.2, 0.25) is 5.91 Å². The van der Waals surface area contributed by atoms with Crippen LogP contribution in [-0.2, 0) is 4.79 Å². The number of hydrogen-bond acceptors (Lipinski definition) is 2. The van der Waals surface area contributed by atoms with Gasteiger partial charge in [0.1, 0.15) is 0 Å². The minimum atomic E-state index is 0.0632. The van der Waals surface area contributed by atoms with Crippen molar-refractivity contribution >= 4 is 40.8 Å². The number of aromatic nitrogens is 2. The van der Waals surface area contributed by atoms with Gasteiger partial charge in [0.25, 0.3) is 0 Å². The van der Waals surface area contributed by atoms with Crippen LogP contribution >= 0.6 is 23.8 Å². The second kappa shape index (κ2) is 3.85. The fraction of sp³-hybridized carbons (Fsp3) is 0.273. The van der Waals surface area contributed by atoms with E-state index in [1.807, 2.05) is 22.8 Å². The van der Waals surface area contributed by atoms with Gasteiger partial charge in [0, 0.05) is 18.0 Å². The predicted molar refractivity (Wildman–Crippen MR) is 68.8 cm³/mol. The Balaban J connectivity index is 2.21. The predicted octanol–water partition coefficient (Wildman–Crippen LogP) is 2.41. The first-order valence-corrected chi connectivity index (χ1v) is 6.10. The van der Waals surface area contributed by atoms with Crippen LogP contribution < -0.4 is 5.32 Å². The number of imidazole rings is 1. The third kappa shape index (κ3) is 1.75. The molecule has 2 aromatic rings. The molecule has 1 unspecified atom stereocenters. The molecule has 0 aliphatic carbocycles. The lowest BCUT2D eigenvalue weighted by Gasteiger charge is -2.10. The van der Waals surface area contributed by atoms with Crippen molar-refractivity contribution in [2.75, 3.05) is 6.54 Å². The van der Waals surface area contributed by atoms with Gasteiger partial charge >= 0.3 is 0 Å². The third-order valence-electron chi connectivity index (χ3n) is 3.00. The number of nitrogens with one attached hydrogen (secondary N) is 2. The Kier molecular flexibility index (Phi) is 2.45. The Morgan fingerprint density at radius 2 is 2.29 bits per heavy atom. The van der Waals surface area contributed by atoms with E-state index in [4.69, 9.17) is 23.8 Å². The average Bonchev–Trinajstić information content (AvgIpc) is 2.81. The Labute approximate surface area is 108 Å². The maximum atomic E-state index is 11.3. The summed E-state index contributed by atoms with van der Waals surface area (Å²) < 4.78 is 2.60. The second-order valence-corrected chi connectivity index (χ2v) is 4.95. The van der Waals surface area contributed by atoms with Crippen molar-refractivity contribution in [1.29, 1.82) is 0 Å². The quantitative estimate of drug-likeness (QED) is 0.780. The molecule has 1 fully saturated rings. The monoisotopic (exact) mass is 267 g/mol. The van der Waals surface area contributed by atoms with Crippen molar-refractivity contribution in [3.63, 3.8) is 0 Å². The molecule has 1 atom stereocenters. The van der Waals surface area contributed by atoms with Gasteiger partial charge in [0.15, 0.2) is 4.77 Å². The van der Waals surface area contributed by atoms with Crippen LogP contribution in [0.15, 0.2) is 18.2 Å². The van der Waals surface area contributed by atoms with Crippen molar-refractivity contribution in [2.45, 2.75) is 12.5 Å². The van der Waals surface area contributed by atoms with Crippen molar-refractivity contribution in [1.82, 2.24) is 14.9 Å². The minimum absolute atomic E-state index is 0.0632. The molecule has 1 aliphatic heterocycles. The van der Waals surface area contributed by atoms with Crippen LogP contribution in [0.4, 0.5) is 0 Å². The average molecular weight is 268 g/mol. The summed E-state index contributed by atoms with van der Waals surface area (Å²) in [4.78, 5) is 14.4. The van der Waals surface area contributed by atoms with Crippen LogP contribution in [-0.4, -0.2) is 22.0 Å². The maximum absolute atomic E-state index is 11.3. The van der Waals surface area contributed by atoms with Crippen molar-refractivity contribution in [2.24, 2.45) is 0 Å². The zero-order chi connectivity index (χ0) is 12.0. The van der Waals surface area contributed by atoms with Crippen molar-refractivity contribution < 1.29 is 4.79 Å². The summed E-state index contributed by atoms with van der Waals surface area (Å²) in [6, 6.07) is 5.65. The van der Waals surface area contributed by atoms with E-state index in [2.05, 4.69) is 10.3 Å². The molecule has 0 radical (unpaired) electrons. The highest BCUT2D eigenvalue weighted by molar-refractivity contribution is 7.71. The number of carbonyl (C=O) groups excluding carboxylic acids is 1. The number of rotatable bonds is 1. The number of halogens is 1. The van der Waals surface area contributed by atoms with Gasteiger partial charge in [0.05, 0.1) is 17.1 Å². The van der Waals surface area contributed by atoms with Gasteiger partial charge in [-0.2, -0.15) is 0 Å². The lowest BCUT2D eigenvalue weighted by molar-refractivity contribution is -0.119. The molecular weight excluding hydrogens is 258 g/mol. The molecule has 6 heteroatoms. The molecule has 4 nitrogen and oxygen atoms in total. The van der Waals surface area contributed by atoms with Gasteiger partial charge in [-0.15, -0.1) is 0 Å². The molecule has 1 aromatic heterocycles. The molecule has 2 heterocycles. The fourth-order valence-corrected chi connectivity index (χ4v) is 2.75. The highest BCUT2D eigenvalue weighted by Crippen LogP contribution is 2.25. The number of benzene rings is 1. The molecule has 0 saturated carbocycles. The molecule has 0 bridgehead atoms. The number of carbonyl (C=O) groups is 1. The van der Waals surface area contributed by atoms with Crippen LogP contribution in [0.5, 0.6) is 0 Å². The summed E-state index contributed by atoms with van der Waals surface area (Å²) in [7, 11) is 0. The van der Waals surface area contributed by atoms with Crippen molar-refractivity contribution in [3.05, 3.63) is 28.0 Å². The van der Waals surface area contributed by atoms with E-state index in [1.54, 1.807) is 0 Å². The Hall–Kier alpha value is -1.33. The Bertz CT molecular complexity index is 660. The lowest BCUT2D eigenvalue weighted by Crippen LogP contribution is -2.15. The molecular formula is C11H10ClN3OS. The number of fused-ring (bicyclic) bond motifs is 1. The first kappa shape index (κ1) is 10.8. The standard InChI is InChI=1S/C11H10ClN3OS/c12-6-1-2-8-9(3-6)15(11(17)14-8)7-4-10(16)13-5-7/h1-3,7H,4-5H2,(H,13,16)(H,14,17). The summed E-state index contributed by atoms with van der Waals surface area (Å²) in [6.45, 7) is 0.618. The van der Waals surface area contributed by atoms with Crippen molar-refractivity contribution in [3.8, 4) is 0 Å². The summed E-state index contributed by atoms with van der Waals surface area (Å²) in [5, 5.41) is 3.48. The van der Waals surface area contributed by atoms with E-state index in [0.717, 1.165) is 11.0 Å². The fourth-order valence-electron chi connectivity index (χ4n) is 2.23. The lowest BCUT2D eigenvalue weighted by atomic mass is 10.2.